The normalized spacial score (nSPS) is 21.5. The first-order valence-corrected chi connectivity index (χ1v) is 15.1. The van der Waals surface area contributed by atoms with Crippen LogP contribution >= 0.6 is 0 Å². The molecule has 0 unspecified atom stereocenters. The number of carbonyl (C=O) groups is 3. The molecule has 224 valence electrons. The topological polar surface area (TPSA) is 93.2 Å². The molecule has 1 spiro atoms. The number of piperazine rings is 1. The van der Waals surface area contributed by atoms with Crippen molar-refractivity contribution in [2.24, 2.45) is 5.92 Å². The average molecular weight is 577 g/mol. The van der Waals surface area contributed by atoms with Crippen LogP contribution in [0.4, 0.5) is 15.8 Å². The van der Waals surface area contributed by atoms with E-state index in [9.17, 15) is 23.9 Å². The van der Waals surface area contributed by atoms with Gasteiger partial charge < -0.3 is 15.3 Å². The van der Waals surface area contributed by atoms with Crippen LogP contribution in [-0.2, 0) is 20.9 Å². The summed E-state index contributed by atoms with van der Waals surface area (Å²) in [4.78, 5) is 45.4. The number of carbonyl (C=O) groups excluding carboxylic acids is 3. The molecule has 0 radical (unpaired) electrons. The molecule has 2 saturated heterocycles. The van der Waals surface area contributed by atoms with Crippen molar-refractivity contribution in [2.75, 3.05) is 24.5 Å². The Kier molecular flexibility index (Phi) is 9.08. The monoisotopic (exact) mass is 576 g/mol. The smallest absolute Gasteiger partial charge is 0.248 e. The van der Waals surface area contributed by atoms with Crippen molar-refractivity contribution in [3.8, 4) is 0 Å². The maximum absolute atomic E-state index is 13.7. The Morgan fingerprint density at radius 3 is 2.21 bits per heavy atom. The van der Waals surface area contributed by atoms with E-state index in [0.717, 1.165) is 31.2 Å². The van der Waals surface area contributed by atoms with Crippen LogP contribution in [0.1, 0.15) is 57.9 Å². The van der Waals surface area contributed by atoms with Gasteiger partial charge in [0.05, 0.1) is 6.10 Å². The molecule has 3 aliphatic rings. The highest BCUT2D eigenvalue weighted by Crippen LogP contribution is 2.36. The molecule has 2 aromatic rings. The van der Waals surface area contributed by atoms with Crippen LogP contribution in [0.5, 0.6) is 0 Å². The zero-order valence-corrected chi connectivity index (χ0v) is 24.5. The molecule has 9 heteroatoms. The van der Waals surface area contributed by atoms with Gasteiger partial charge in [0.15, 0.2) is 0 Å². The Morgan fingerprint density at radius 2 is 1.64 bits per heavy atom. The minimum atomic E-state index is -0.900. The number of rotatable bonds is 9. The molecule has 0 aromatic heterocycles. The van der Waals surface area contributed by atoms with Crippen LogP contribution in [0, 0.1) is 11.7 Å². The Labute approximate surface area is 247 Å². The summed E-state index contributed by atoms with van der Waals surface area (Å²) in [6.07, 6.45) is 7.35. The second-order valence-electron chi connectivity index (χ2n) is 11.8. The van der Waals surface area contributed by atoms with Gasteiger partial charge in [0.2, 0.25) is 17.7 Å². The second-order valence-corrected chi connectivity index (χ2v) is 11.8. The summed E-state index contributed by atoms with van der Waals surface area (Å²) in [6.45, 7) is 6.04. The standard InChI is InChI=1S/C33H41FN4O4/c1-3-4-19-37-31(41)29(30(40)25-7-5-6-8-25)35-32(42)33(37)17-20-36(21-18-33)22-24-9-13-27(14-10-24)38(23(2)39)28-15-11-26(34)12-16-28/h5-6,9-16,25,29-30,40H,3-4,7-8,17-22H2,1-2H3,(H,35,42)/t29-,30-/m1/s1. The number of aliphatic hydroxyl groups is 1. The predicted octanol–water partition coefficient (Wildman–Crippen LogP) is 4.30. The molecule has 42 heavy (non-hydrogen) atoms. The molecule has 2 atom stereocenters. The summed E-state index contributed by atoms with van der Waals surface area (Å²) < 4.78 is 13.4. The summed E-state index contributed by atoms with van der Waals surface area (Å²) in [5.74, 6) is -0.889. The van der Waals surface area contributed by atoms with E-state index < -0.39 is 17.7 Å². The number of hydrogen-bond acceptors (Lipinski definition) is 5. The number of amides is 3. The van der Waals surface area contributed by atoms with Crippen molar-refractivity contribution in [3.63, 3.8) is 0 Å². The Morgan fingerprint density at radius 1 is 1.05 bits per heavy atom. The number of allylic oxidation sites excluding steroid dienone is 2. The Balaban J connectivity index is 1.25. The molecule has 0 saturated carbocycles. The lowest BCUT2D eigenvalue weighted by Gasteiger charge is -2.52. The lowest BCUT2D eigenvalue weighted by atomic mass is 9.79. The first-order valence-electron chi connectivity index (χ1n) is 15.1. The van der Waals surface area contributed by atoms with Crippen LogP contribution in [0.25, 0.3) is 0 Å². The molecule has 2 heterocycles. The highest BCUT2D eigenvalue weighted by atomic mass is 19.1. The van der Waals surface area contributed by atoms with Crippen molar-refractivity contribution in [2.45, 2.75) is 76.6 Å². The van der Waals surface area contributed by atoms with Crippen molar-refractivity contribution < 1.29 is 23.9 Å². The molecular weight excluding hydrogens is 535 g/mol. The van der Waals surface area contributed by atoms with Gasteiger partial charge in [0, 0.05) is 44.5 Å². The minimum absolute atomic E-state index is 0.0484. The fraction of sp³-hybridized carbons (Fsp3) is 0.485. The van der Waals surface area contributed by atoms with Gasteiger partial charge in [-0.15, -0.1) is 0 Å². The molecule has 1 aliphatic carbocycles. The number of unbranched alkanes of at least 4 members (excludes halogenated alkanes) is 1. The third kappa shape index (κ3) is 5.99. The number of piperidine rings is 1. The highest BCUT2D eigenvalue weighted by Gasteiger charge is 2.55. The number of halogens is 1. The van der Waals surface area contributed by atoms with E-state index in [1.165, 1.54) is 19.1 Å². The zero-order chi connectivity index (χ0) is 29.9. The van der Waals surface area contributed by atoms with Gasteiger partial charge >= 0.3 is 0 Å². The second kappa shape index (κ2) is 12.8. The van der Waals surface area contributed by atoms with E-state index in [2.05, 4.69) is 17.1 Å². The summed E-state index contributed by atoms with van der Waals surface area (Å²) in [5.41, 5.74) is 1.47. The number of anilines is 2. The van der Waals surface area contributed by atoms with Crippen molar-refractivity contribution in [1.82, 2.24) is 15.1 Å². The molecule has 8 nitrogen and oxygen atoms in total. The zero-order valence-electron chi connectivity index (χ0n) is 24.5. The molecule has 2 aliphatic heterocycles. The Bertz CT molecular complexity index is 1300. The van der Waals surface area contributed by atoms with E-state index in [1.54, 1.807) is 21.9 Å². The van der Waals surface area contributed by atoms with E-state index >= 15 is 0 Å². The molecular formula is C33H41FN4O4. The molecule has 2 fully saturated rings. The number of hydrogen-bond donors (Lipinski definition) is 2. The first-order chi connectivity index (χ1) is 20.2. The first kappa shape index (κ1) is 29.9. The number of benzene rings is 2. The van der Waals surface area contributed by atoms with E-state index in [0.29, 0.717) is 50.4 Å². The quantitative estimate of drug-likeness (QED) is 0.435. The van der Waals surface area contributed by atoms with Crippen molar-refractivity contribution in [1.29, 1.82) is 0 Å². The van der Waals surface area contributed by atoms with Crippen LogP contribution in [0.2, 0.25) is 0 Å². The molecule has 0 bridgehead atoms. The number of aliphatic hydroxyl groups excluding tert-OH is 1. The van der Waals surface area contributed by atoms with Gasteiger partial charge in [-0.1, -0.05) is 37.6 Å². The third-order valence-electron chi connectivity index (χ3n) is 9.05. The van der Waals surface area contributed by atoms with Gasteiger partial charge in [0.25, 0.3) is 0 Å². The lowest BCUT2D eigenvalue weighted by Crippen LogP contribution is -2.75. The van der Waals surface area contributed by atoms with Crippen LogP contribution in [0.3, 0.4) is 0 Å². The summed E-state index contributed by atoms with van der Waals surface area (Å²) in [6, 6.07) is 12.7. The summed E-state index contributed by atoms with van der Waals surface area (Å²) >= 11 is 0. The summed E-state index contributed by atoms with van der Waals surface area (Å²) in [5, 5.41) is 13.9. The van der Waals surface area contributed by atoms with Crippen molar-refractivity contribution >= 4 is 29.1 Å². The van der Waals surface area contributed by atoms with E-state index in [1.807, 2.05) is 36.4 Å². The van der Waals surface area contributed by atoms with Gasteiger partial charge in [-0.3, -0.25) is 24.2 Å². The maximum Gasteiger partial charge on any atom is 0.248 e. The maximum atomic E-state index is 13.7. The lowest BCUT2D eigenvalue weighted by molar-refractivity contribution is -0.165. The van der Waals surface area contributed by atoms with Gasteiger partial charge in [0.1, 0.15) is 17.4 Å². The number of nitrogens with one attached hydrogen (secondary N) is 1. The highest BCUT2D eigenvalue weighted by molar-refractivity contribution is 6.00. The van der Waals surface area contributed by atoms with E-state index in [4.69, 9.17) is 0 Å². The van der Waals surface area contributed by atoms with E-state index in [-0.39, 0.29) is 29.5 Å². The number of nitrogens with zero attached hydrogens (tertiary/aromatic N) is 3. The fourth-order valence-corrected chi connectivity index (χ4v) is 6.59. The average Bonchev–Trinajstić information content (AvgIpc) is 3.53. The Hall–Kier alpha value is -3.56. The summed E-state index contributed by atoms with van der Waals surface area (Å²) in [7, 11) is 0. The SMILES string of the molecule is CCCCN1C(=O)[C@@H]([C@H](O)C2CC=CC2)NC(=O)C12CCN(Cc1ccc(N(C(C)=O)c3ccc(F)cc3)cc1)CC2. The van der Waals surface area contributed by atoms with Gasteiger partial charge in [-0.05, 0) is 80.0 Å². The van der Waals surface area contributed by atoms with Crippen LogP contribution < -0.4 is 10.2 Å². The van der Waals surface area contributed by atoms with Crippen LogP contribution in [0.15, 0.2) is 60.7 Å². The van der Waals surface area contributed by atoms with Crippen LogP contribution in [-0.4, -0.2) is 69.9 Å². The molecule has 3 amide bonds. The fourth-order valence-electron chi connectivity index (χ4n) is 6.59. The minimum Gasteiger partial charge on any atom is -0.390 e. The predicted molar refractivity (Wildman–Crippen MR) is 159 cm³/mol. The molecule has 5 rings (SSSR count). The van der Waals surface area contributed by atoms with Gasteiger partial charge in [-0.25, -0.2) is 4.39 Å². The number of likely N-dealkylation sites (tertiary alicyclic amines) is 1. The molecule has 2 aromatic carbocycles. The largest absolute Gasteiger partial charge is 0.390 e. The molecule has 2 N–H and O–H groups in total. The van der Waals surface area contributed by atoms with Gasteiger partial charge in [-0.2, -0.15) is 0 Å². The van der Waals surface area contributed by atoms with Crippen molar-refractivity contribution in [3.05, 3.63) is 72.1 Å². The third-order valence-corrected chi connectivity index (χ3v) is 9.05.